The molecule has 1 atom stereocenters. The average Bonchev–Trinajstić information content (AvgIpc) is 2.62. The number of nitrogens with zero attached hydrogens (tertiary/aromatic N) is 3. The Morgan fingerprint density at radius 3 is 2.68 bits per heavy atom. The Hall–Kier alpha value is -3.11. The molecule has 0 aliphatic carbocycles. The molecule has 0 amide bonds. The lowest BCUT2D eigenvalue weighted by atomic mass is 10.1. The van der Waals surface area contributed by atoms with Crippen LogP contribution in [0, 0.1) is 13.8 Å². The van der Waals surface area contributed by atoms with Gasteiger partial charge in [-0.25, -0.2) is 9.78 Å². The molecule has 0 aromatic heterocycles. The second-order valence-electron chi connectivity index (χ2n) is 6.72. The minimum atomic E-state index is -1.04. The monoisotopic (exact) mass is 386 g/mol. The van der Waals surface area contributed by atoms with Gasteiger partial charge in [-0.05, 0) is 50.1 Å². The SMILES string of the molecule is Cc1cc2nc3c(=O)[nH]c(=O)nc-3n(CCNCC[C@H](N)C(=O)O)c2cc1C. The van der Waals surface area contributed by atoms with Crippen molar-refractivity contribution in [2.45, 2.75) is 32.9 Å². The summed E-state index contributed by atoms with van der Waals surface area (Å²) in [7, 11) is 0. The van der Waals surface area contributed by atoms with Gasteiger partial charge in [0.15, 0.2) is 11.5 Å². The molecule has 0 bridgehead atoms. The maximum Gasteiger partial charge on any atom is 0.349 e. The molecule has 2 aliphatic heterocycles. The van der Waals surface area contributed by atoms with Crippen molar-refractivity contribution >= 4 is 17.0 Å². The van der Waals surface area contributed by atoms with Crippen LogP contribution in [0.3, 0.4) is 0 Å². The topological polar surface area (TPSA) is 156 Å². The minimum Gasteiger partial charge on any atom is -0.480 e. The highest BCUT2D eigenvalue weighted by atomic mass is 16.4. The van der Waals surface area contributed by atoms with Crippen LogP contribution in [-0.4, -0.2) is 49.7 Å². The smallest absolute Gasteiger partial charge is 0.349 e. The molecular formula is C18H22N6O4. The third kappa shape index (κ3) is 3.92. The van der Waals surface area contributed by atoms with Crippen LogP contribution in [0.4, 0.5) is 0 Å². The summed E-state index contributed by atoms with van der Waals surface area (Å²) < 4.78 is 1.78. The van der Waals surface area contributed by atoms with Gasteiger partial charge in [-0.15, -0.1) is 0 Å². The van der Waals surface area contributed by atoms with Crippen molar-refractivity contribution in [2.75, 3.05) is 13.1 Å². The summed E-state index contributed by atoms with van der Waals surface area (Å²) in [6.45, 7) is 5.24. The molecular weight excluding hydrogens is 364 g/mol. The molecule has 0 fully saturated rings. The Kier molecular flexibility index (Phi) is 5.52. The van der Waals surface area contributed by atoms with Crippen molar-refractivity contribution < 1.29 is 9.90 Å². The molecule has 148 valence electrons. The first kappa shape index (κ1) is 19.6. The number of hydrogen-bond acceptors (Lipinski definition) is 7. The predicted octanol–water partition coefficient (Wildman–Crippen LogP) is -0.407. The fourth-order valence-electron chi connectivity index (χ4n) is 2.97. The van der Waals surface area contributed by atoms with Crippen molar-refractivity contribution in [2.24, 2.45) is 5.73 Å². The number of aryl methyl sites for hydroxylation is 2. The van der Waals surface area contributed by atoms with Gasteiger partial charge < -0.3 is 20.7 Å². The van der Waals surface area contributed by atoms with Crippen LogP contribution < -0.4 is 22.3 Å². The fourth-order valence-corrected chi connectivity index (χ4v) is 2.97. The van der Waals surface area contributed by atoms with Crippen molar-refractivity contribution in [3.63, 3.8) is 0 Å². The quantitative estimate of drug-likeness (QED) is 0.315. The number of carbonyl (C=O) groups is 1. The molecule has 5 N–H and O–H groups in total. The van der Waals surface area contributed by atoms with Gasteiger partial charge in [0.25, 0.3) is 5.56 Å². The second-order valence-corrected chi connectivity index (χ2v) is 6.72. The van der Waals surface area contributed by atoms with Crippen LogP contribution in [0.5, 0.6) is 0 Å². The Morgan fingerprint density at radius 1 is 1.25 bits per heavy atom. The third-order valence-electron chi connectivity index (χ3n) is 4.69. The molecule has 3 rings (SSSR count). The number of H-pyrrole nitrogens is 1. The Balaban J connectivity index is 1.96. The molecule has 2 aliphatic rings. The van der Waals surface area contributed by atoms with E-state index < -0.39 is 23.3 Å². The van der Waals surface area contributed by atoms with Crippen LogP contribution in [-0.2, 0) is 11.3 Å². The zero-order valence-electron chi connectivity index (χ0n) is 15.7. The number of nitrogens with two attached hydrogens (primary N) is 1. The first-order valence-electron chi connectivity index (χ1n) is 8.89. The summed E-state index contributed by atoms with van der Waals surface area (Å²) in [5, 5.41) is 11.9. The van der Waals surface area contributed by atoms with Crippen LogP contribution in [0.1, 0.15) is 17.5 Å². The van der Waals surface area contributed by atoms with E-state index in [2.05, 4.69) is 20.3 Å². The summed E-state index contributed by atoms with van der Waals surface area (Å²) in [5.41, 5.74) is 7.77. The summed E-state index contributed by atoms with van der Waals surface area (Å²) in [6.07, 6.45) is 0.290. The molecule has 2 heterocycles. The number of fused-ring (bicyclic) bond motifs is 2. The number of benzene rings is 1. The number of aliphatic carboxylic acids is 1. The van der Waals surface area contributed by atoms with Gasteiger partial charge in [0.1, 0.15) is 6.04 Å². The molecule has 28 heavy (non-hydrogen) atoms. The Bertz CT molecular complexity index is 1120. The summed E-state index contributed by atoms with van der Waals surface area (Å²) in [6, 6.07) is 2.92. The highest BCUT2D eigenvalue weighted by Gasteiger charge is 2.19. The van der Waals surface area contributed by atoms with Gasteiger partial charge in [0.2, 0.25) is 0 Å². The molecule has 0 saturated heterocycles. The van der Waals surface area contributed by atoms with Crippen molar-refractivity contribution in [1.29, 1.82) is 0 Å². The third-order valence-corrected chi connectivity index (χ3v) is 4.69. The summed E-state index contributed by atoms with van der Waals surface area (Å²) >= 11 is 0. The lowest BCUT2D eigenvalue weighted by molar-refractivity contribution is -0.138. The maximum absolute atomic E-state index is 12.2. The van der Waals surface area contributed by atoms with E-state index in [1.165, 1.54) is 0 Å². The van der Waals surface area contributed by atoms with E-state index in [-0.39, 0.29) is 11.5 Å². The first-order chi connectivity index (χ1) is 13.3. The fraction of sp³-hybridized carbons (Fsp3) is 0.389. The number of carboxylic acid groups (broad SMARTS) is 1. The van der Waals surface area contributed by atoms with Crippen LogP contribution in [0.25, 0.3) is 22.6 Å². The van der Waals surface area contributed by atoms with Gasteiger partial charge in [-0.1, -0.05) is 0 Å². The lowest BCUT2D eigenvalue weighted by Crippen LogP contribution is -2.35. The molecule has 10 nitrogen and oxygen atoms in total. The van der Waals surface area contributed by atoms with Crippen molar-refractivity contribution in [3.05, 3.63) is 44.1 Å². The zero-order valence-corrected chi connectivity index (χ0v) is 15.7. The molecule has 0 unspecified atom stereocenters. The Morgan fingerprint density at radius 2 is 1.96 bits per heavy atom. The van der Waals surface area contributed by atoms with E-state index in [1.54, 1.807) is 4.57 Å². The molecule has 10 heteroatoms. The van der Waals surface area contributed by atoms with Crippen molar-refractivity contribution in [3.8, 4) is 11.5 Å². The normalized spacial score (nSPS) is 12.5. The average molecular weight is 386 g/mol. The number of hydrogen-bond donors (Lipinski definition) is 4. The van der Waals surface area contributed by atoms with Crippen LogP contribution in [0.2, 0.25) is 0 Å². The maximum atomic E-state index is 12.2. The minimum absolute atomic E-state index is 0.100. The van der Waals surface area contributed by atoms with E-state index in [4.69, 9.17) is 10.8 Å². The summed E-state index contributed by atoms with van der Waals surface area (Å²) in [5.74, 6) is -0.826. The number of rotatable bonds is 7. The van der Waals surface area contributed by atoms with Crippen LogP contribution in [0.15, 0.2) is 21.7 Å². The van der Waals surface area contributed by atoms with Gasteiger partial charge in [0.05, 0.1) is 11.0 Å². The highest BCUT2D eigenvalue weighted by Crippen LogP contribution is 2.23. The van der Waals surface area contributed by atoms with E-state index in [1.807, 2.05) is 26.0 Å². The zero-order chi connectivity index (χ0) is 20.4. The number of nitrogens with one attached hydrogen (secondary N) is 2. The molecule has 1 aromatic rings. The molecule has 0 spiro atoms. The Labute approximate surface area is 159 Å². The highest BCUT2D eigenvalue weighted by molar-refractivity contribution is 5.81. The largest absolute Gasteiger partial charge is 0.480 e. The predicted molar refractivity (Wildman–Crippen MR) is 104 cm³/mol. The summed E-state index contributed by atoms with van der Waals surface area (Å²) in [4.78, 5) is 45.2. The van der Waals surface area contributed by atoms with Gasteiger partial charge in [-0.2, -0.15) is 4.98 Å². The number of aromatic amines is 1. The standard InChI is InChI=1S/C18H22N6O4/c1-9-7-12-13(8-10(9)2)24(6-5-20-4-3-11(19)17(26)27)15-14(21-12)16(25)23-18(28)22-15/h7-8,11,20H,3-6,19H2,1-2H3,(H,26,27)(H,23,25,28)/t11-/m0/s1. The van der Waals surface area contributed by atoms with E-state index in [9.17, 15) is 14.4 Å². The van der Waals surface area contributed by atoms with Crippen LogP contribution >= 0.6 is 0 Å². The molecule has 1 aromatic carbocycles. The van der Waals surface area contributed by atoms with Gasteiger partial charge in [0, 0.05) is 13.1 Å². The van der Waals surface area contributed by atoms with E-state index >= 15 is 0 Å². The van der Waals surface area contributed by atoms with Crippen molar-refractivity contribution in [1.82, 2.24) is 24.8 Å². The van der Waals surface area contributed by atoms with Gasteiger partial charge in [-0.3, -0.25) is 14.6 Å². The lowest BCUT2D eigenvalue weighted by Gasteiger charge is -2.18. The second kappa shape index (κ2) is 7.87. The van der Waals surface area contributed by atoms with E-state index in [0.717, 1.165) is 16.6 Å². The first-order valence-corrected chi connectivity index (χ1v) is 8.89. The van der Waals surface area contributed by atoms with E-state index in [0.29, 0.717) is 31.6 Å². The molecule has 0 saturated carbocycles. The van der Waals surface area contributed by atoms with Gasteiger partial charge >= 0.3 is 11.7 Å². The molecule has 0 radical (unpaired) electrons. The number of carboxylic acids is 1. The number of aromatic nitrogens is 4.